The van der Waals surface area contributed by atoms with Gasteiger partial charge in [0.1, 0.15) is 11.3 Å². The second-order valence-electron chi connectivity index (χ2n) is 3.27. The summed E-state index contributed by atoms with van der Waals surface area (Å²) in [6, 6.07) is 6.30. The third-order valence-corrected chi connectivity index (χ3v) is 1.66. The van der Waals surface area contributed by atoms with Gasteiger partial charge in [-0.2, -0.15) is 0 Å². The van der Waals surface area contributed by atoms with E-state index in [0.29, 0.717) is 6.61 Å². The number of aliphatic hydroxyl groups excluding tert-OH is 2. The lowest BCUT2D eigenvalue weighted by Gasteiger charge is -2.02. The van der Waals surface area contributed by atoms with E-state index in [1.54, 1.807) is 19.1 Å². The van der Waals surface area contributed by atoms with Gasteiger partial charge in [-0.05, 0) is 26.0 Å². The summed E-state index contributed by atoms with van der Waals surface area (Å²) in [5, 5.41) is 25.2. The Balaban J connectivity index is 0.000000437. The average Bonchev–Trinajstić information content (AvgIpc) is 2.30. The molecule has 3 N–H and O–H groups in total. The molecule has 0 bridgehead atoms. The number of benzene rings is 1. The number of ether oxygens (including phenoxy) is 1. The fourth-order valence-corrected chi connectivity index (χ4v) is 0.855. The second-order valence-corrected chi connectivity index (χ2v) is 3.27. The topological polar surface area (TPSA) is 87.0 Å². The quantitative estimate of drug-likeness (QED) is 0.686. The zero-order valence-corrected chi connectivity index (χ0v) is 9.96. The molecule has 0 heterocycles. The first-order valence-corrected chi connectivity index (χ1v) is 5.27. The number of esters is 1. The first-order chi connectivity index (χ1) is 8.02. The molecule has 0 saturated carbocycles. The summed E-state index contributed by atoms with van der Waals surface area (Å²) in [6.45, 7) is 3.42. The monoisotopic (exact) mass is 242 g/mol. The summed E-state index contributed by atoms with van der Waals surface area (Å²) in [5.41, 5.74) is 0.208. The largest absolute Gasteiger partial charge is 0.507 e. The van der Waals surface area contributed by atoms with Crippen molar-refractivity contribution in [2.75, 3.05) is 13.2 Å². The second kappa shape index (κ2) is 8.55. The van der Waals surface area contributed by atoms with E-state index >= 15 is 0 Å². The molecular weight excluding hydrogens is 224 g/mol. The Bertz CT molecular complexity index is 335. The molecule has 1 unspecified atom stereocenters. The molecule has 5 heteroatoms. The van der Waals surface area contributed by atoms with Crippen LogP contribution in [0.2, 0.25) is 0 Å². The molecule has 96 valence electrons. The van der Waals surface area contributed by atoms with Crippen molar-refractivity contribution < 1.29 is 24.9 Å². The number of aliphatic hydroxyl groups is 2. The van der Waals surface area contributed by atoms with Gasteiger partial charge >= 0.3 is 5.97 Å². The Kier molecular flexibility index (Phi) is 7.75. The number of carbonyl (C=O) groups is 1. The van der Waals surface area contributed by atoms with E-state index in [2.05, 4.69) is 0 Å². The zero-order chi connectivity index (χ0) is 13.3. The lowest BCUT2D eigenvalue weighted by Crippen LogP contribution is -2.04. The predicted molar refractivity (Wildman–Crippen MR) is 62.8 cm³/mol. The number of phenols is 1. The van der Waals surface area contributed by atoms with Crippen LogP contribution in [0.25, 0.3) is 0 Å². The van der Waals surface area contributed by atoms with Gasteiger partial charge in [0.25, 0.3) is 0 Å². The lowest BCUT2D eigenvalue weighted by atomic mass is 10.2. The molecule has 0 amide bonds. The van der Waals surface area contributed by atoms with E-state index in [0.717, 1.165) is 0 Å². The molecule has 1 atom stereocenters. The van der Waals surface area contributed by atoms with Crippen LogP contribution in [0.4, 0.5) is 0 Å². The van der Waals surface area contributed by atoms with Gasteiger partial charge in [0, 0.05) is 0 Å². The van der Waals surface area contributed by atoms with Crippen molar-refractivity contribution in [2.24, 2.45) is 0 Å². The molecule has 5 nitrogen and oxygen atoms in total. The van der Waals surface area contributed by atoms with Crippen LogP contribution >= 0.6 is 0 Å². The summed E-state index contributed by atoms with van der Waals surface area (Å²) in [4.78, 5) is 11.1. The van der Waals surface area contributed by atoms with Crippen LogP contribution in [-0.4, -0.2) is 40.6 Å². The van der Waals surface area contributed by atoms with Crippen LogP contribution in [0, 0.1) is 0 Å². The molecule has 0 aromatic heterocycles. The summed E-state index contributed by atoms with van der Waals surface area (Å²) in [6.07, 6.45) is -0.560. The summed E-state index contributed by atoms with van der Waals surface area (Å²) >= 11 is 0. The minimum Gasteiger partial charge on any atom is -0.507 e. The number of aromatic hydroxyl groups is 1. The van der Waals surface area contributed by atoms with Crippen molar-refractivity contribution in [1.29, 1.82) is 0 Å². The molecule has 0 aliphatic rings. The van der Waals surface area contributed by atoms with Crippen LogP contribution < -0.4 is 0 Å². The van der Waals surface area contributed by atoms with Crippen LogP contribution in [0.3, 0.4) is 0 Å². The van der Waals surface area contributed by atoms with E-state index in [4.69, 9.17) is 14.9 Å². The van der Waals surface area contributed by atoms with Gasteiger partial charge in [0.15, 0.2) is 0 Å². The lowest BCUT2D eigenvalue weighted by molar-refractivity contribution is 0.0523. The highest BCUT2D eigenvalue weighted by atomic mass is 16.5. The van der Waals surface area contributed by atoms with E-state index in [9.17, 15) is 9.90 Å². The van der Waals surface area contributed by atoms with E-state index in [-0.39, 0.29) is 17.9 Å². The number of para-hydroxylation sites is 1. The van der Waals surface area contributed by atoms with E-state index < -0.39 is 12.1 Å². The Morgan fingerprint density at radius 1 is 1.41 bits per heavy atom. The van der Waals surface area contributed by atoms with Crippen molar-refractivity contribution in [3.63, 3.8) is 0 Å². The molecule has 1 aromatic carbocycles. The van der Waals surface area contributed by atoms with E-state index in [1.807, 2.05) is 0 Å². The fourth-order valence-electron chi connectivity index (χ4n) is 0.855. The number of carbonyl (C=O) groups excluding carboxylic acids is 1. The van der Waals surface area contributed by atoms with Gasteiger partial charge in [-0.15, -0.1) is 0 Å². The standard InChI is InChI=1S/C9H10O3.C3H8O2/c1-2-12-9(11)7-5-3-4-6-8(7)10;1-3(5)2-4/h3-6,10H,2H2,1H3;3-5H,2H2,1H3. The maximum atomic E-state index is 11.1. The molecule has 0 radical (unpaired) electrons. The number of rotatable bonds is 3. The summed E-state index contributed by atoms with van der Waals surface area (Å²) in [5.74, 6) is -0.536. The van der Waals surface area contributed by atoms with Crippen LogP contribution in [-0.2, 0) is 4.74 Å². The zero-order valence-electron chi connectivity index (χ0n) is 9.96. The van der Waals surface area contributed by atoms with Gasteiger partial charge in [-0.3, -0.25) is 0 Å². The summed E-state index contributed by atoms with van der Waals surface area (Å²) in [7, 11) is 0. The summed E-state index contributed by atoms with van der Waals surface area (Å²) < 4.78 is 4.71. The Morgan fingerprint density at radius 2 is 1.94 bits per heavy atom. The first-order valence-electron chi connectivity index (χ1n) is 5.27. The third-order valence-electron chi connectivity index (χ3n) is 1.66. The van der Waals surface area contributed by atoms with Crippen molar-refractivity contribution >= 4 is 5.97 Å². The van der Waals surface area contributed by atoms with Crippen LogP contribution in [0.1, 0.15) is 24.2 Å². The highest BCUT2D eigenvalue weighted by Crippen LogP contribution is 2.16. The Morgan fingerprint density at radius 3 is 2.35 bits per heavy atom. The van der Waals surface area contributed by atoms with Crippen molar-refractivity contribution in [1.82, 2.24) is 0 Å². The Labute approximate surface area is 100 Å². The predicted octanol–water partition coefficient (Wildman–Crippen LogP) is 0.928. The SMILES string of the molecule is CC(O)CO.CCOC(=O)c1ccccc1O. The molecule has 1 aromatic rings. The van der Waals surface area contributed by atoms with Gasteiger partial charge < -0.3 is 20.1 Å². The van der Waals surface area contributed by atoms with Gasteiger partial charge in [0.2, 0.25) is 0 Å². The molecule has 1 rings (SSSR count). The third kappa shape index (κ3) is 6.55. The fraction of sp³-hybridized carbons (Fsp3) is 0.417. The van der Waals surface area contributed by atoms with Gasteiger partial charge in [-0.25, -0.2) is 4.79 Å². The van der Waals surface area contributed by atoms with Crippen molar-refractivity contribution in [3.8, 4) is 5.75 Å². The van der Waals surface area contributed by atoms with Gasteiger partial charge in [-0.1, -0.05) is 12.1 Å². The smallest absolute Gasteiger partial charge is 0.341 e. The molecule has 0 fully saturated rings. The number of hydrogen-bond donors (Lipinski definition) is 3. The maximum Gasteiger partial charge on any atom is 0.341 e. The van der Waals surface area contributed by atoms with Crippen molar-refractivity contribution in [3.05, 3.63) is 29.8 Å². The average molecular weight is 242 g/mol. The van der Waals surface area contributed by atoms with Crippen molar-refractivity contribution in [2.45, 2.75) is 20.0 Å². The minimum absolute atomic E-state index is 0.0454. The number of hydrogen-bond acceptors (Lipinski definition) is 5. The number of phenolic OH excluding ortho intramolecular Hbond substituents is 1. The minimum atomic E-state index is -0.560. The first kappa shape index (κ1) is 15.4. The highest BCUT2D eigenvalue weighted by Gasteiger charge is 2.09. The maximum absolute atomic E-state index is 11.1. The Hall–Kier alpha value is -1.59. The molecule has 0 aliphatic heterocycles. The molecule has 0 spiro atoms. The van der Waals surface area contributed by atoms with E-state index in [1.165, 1.54) is 19.1 Å². The normalized spacial score (nSPS) is 11.1. The molecular formula is C12H18O5. The van der Waals surface area contributed by atoms with Crippen LogP contribution in [0.5, 0.6) is 5.75 Å². The van der Waals surface area contributed by atoms with Gasteiger partial charge in [0.05, 0.1) is 19.3 Å². The molecule has 0 saturated heterocycles. The van der Waals surface area contributed by atoms with Crippen LogP contribution in [0.15, 0.2) is 24.3 Å². The molecule has 17 heavy (non-hydrogen) atoms. The molecule has 0 aliphatic carbocycles. The highest BCUT2D eigenvalue weighted by molar-refractivity contribution is 5.92.